The van der Waals surface area contributed by atoms with E-state index in [0.717, 1.165) is 16.3 Å². The molecular formula is C21H22N2O3S2. The molecule has 3 aromatic rings. The van der Waals surface area contributed by atoms with Crippen molar-refractivity contribution in [2.75, 3.05) is 13.1 Å². The Morgan fingerprint density at radius 2 is 1.79 bits per heavy atom. The molecule has 0 radical (unpaired) electrons. The zero-order chi connectivity index (χ0) is 19.6. The highest BCUT2D eigenvalue weighted by atomic mass is 32.2. The van der Waals surface area contributed by atoms with Crippen LogP contribution in [0.2, 0.25) is 0 Å². The lowest BCUT2D eigenvalue weighted by atomic mass is 10.0. The zero-order valence-electron chi connectivity index (χ0n) is 15.4. The summed E-state index contributed by atoms with van der Waals surface area (Å²) in [6.45, 7) is 1.15. The molecule has 1 aromatic heterocycles. The SMILES string of the molecule is O=C(Cc1ccc2ccccc2c1)N1CCC(NS(=O)(=O)c2cccs2)CC1. The summed E-state index contributed by atoms with van der Waals surface area (Å²) in [4.78, 5) is 14.5. The van der Waals surface area contributed by atoms with Crippen molar-refractivity contribution in [3.8, 4) is 0 Å². The van der Waals surface area contributed by atoms with E-state index < -0.39 is 10.0 Å². The third-order valence-corrected chi connectivity index (χ3v) is 8.02. The number of nitrogens with one attached hydrogen (secondary N) is 1. The third-order valence-electron chi connectivity index (χ3n) is 5.10. The van der Waals surface area contributed by atoms with Gasteiger partial charge in [0.05, 0.1) is 6.42 Å². The van der Waals surface area contributed by atoms with Crippen LogP contribution in [0, 0.1) is 0 Å². The molecule has 1 fully saturated rings. The summed E-state index contributed by atoms with van der Waals surface area (Å²) >= 11 is 1.21. The number of carbonyl (C=O) groups is 1. The number of likely N-dealkylation sites (tertiary alicyclic amines) is 1. The molecule has 2 heterocycles. The van der Waals surface area contributed by atoms with Crippen LogP contribution in [0.4, 0.5) is 0 Å². The number of thiophene rings is 1. The van der Waals surface area contributed by atoms with E-state index >= 15 is 0 Å². The maximum Gasteiger partial charge on any atom is 0.250 e. The molecule has 0 aliphatic carbocycles. The van der Waals surface area contributed by atoms with Gasteiger partial charge in [0, 0.05) is 19.1 Å². The molecule has 1 aliphatic heterocycles. The summed E-state index contributed by atoms with van der Waals surface area (Å²) < 4.78 is 27.8. The van der Waals surface area contributed by atoms with Crippen LogP contribution in [-0.4, -0.2) is 38.4 Å². The van der Waals surface area contributed by atoms with E-state index in [-0.39, 0.29) is 11.9 Å². The molecule has 7 heteroatoms. The second-order valence-electron chi connectivity index (χ2n) is 7.07. The molecule has 0 unspecified atom stereocenters. The number of benzene rings is 2. The first-order chi connectivity index (χ1) is 13.5. The highest BCUT2D eigenvalue weighted by Gasteiger charge is 2.27. The van der Waals surface area contributed by atoms with Crippen LogP contribution in [0.15, 0.2) is 64.2 Å². The largest absolute Gasteiger partial charge is 0.342 e. The van der Waals surface area contributed by atoms with Crippen molar-refractivity contribution in [2.24, 2.45) is 0 Å². The van der Waals surface area contributed by atoms with Gasteiger partial charge in [-0.1, -0.05) is 48.5 Å². The van der Waals surface area contributed by atoms with E-state index in [1.54, 1.807) is 17.5 Å². The van der Waals surface area contributed by atoms with Crippen molar-refractivity contribution in [3.05, 3.63) is 65.5 Å². The maximum atomic E-state index is 12.7. The highest BCUT2D eigenvalue weighted by molar-refractivity contribution is 7.91. The summed E-state index contributed by atoms with van der Waals surface area (Å²) in [5.74, 6) is 0.0924. The lowest BCUT2D eigenvalue weighted by molar-refractivity contribution is -0.131. The first kappa shape index (κ1) is 19.1. The average Bonchev–Trinajstić information content (AvgIpc) is 3.24. The van der Waals surface area contributed by atoms with Crippen LogP contribution in [0.25, 0.3) is 10.8 Å². The molecule has 1 amide bonds. The molecule has 2 aromatic carbocycles. The third kappa shape index (κ3) is 4.27. The molecule has 28 heavy (non-hydrogen) atoms. The number of sulfonamides is 1. The number of hydrogen-bond acceptors (Lipinski definition) is 4. The van der Waals surface area contributed by atoms with Crippen LogP contribution >= 0.6 is 11.3 Å². The molecule has 0 bridgehead atoms. The van der Waals surface area contributed by atoms with Gasteiger partial charge in [0.1, 0.15) is 4.21 Å². The van der Waals surface area contributed by atoms with Crippen molar-refractivity contribution in [1.29, 1.82) is 0 Å². The molecule has 4 rings (SSSR count). The van der Waals surface area contributed by atoms with Gasteiger partial charge in [-0.15, -0.1) is 11.3 Å². The van der Waals surface area contributed by atoms with Gasteiger partial charge in [0.25, 0.3) is 0 Å². The molecule has 1 saturated heterocycles. The Morgan fingerprint density at radius 1 is 1.04 bits per heavy atom. The summed E-state index contributed by atoms with van der Waals surface area (Å²) in [7, 11) is -3.46. The van der Waals surface area contributed by atoms with E-state index in [1.165, 1.54) is 11.3 Å². The van der Waals surface area contributed by atoms with Crippen LogP contribution in [0.5, 0.6) is 0 Å². The van der Waals surface area contributed by atoms with E-state index in [2.05, 4.69) is 22.9 Å². The first-order valence-electron chi connectivity index (χ1n) is 9.32. The fourth-order valence-corrected chi connectivity index (χ4v) is 5.89. The summed E-state index contributed by atoms with van der Waals surface area (Å²) in [6, 6.07) is 17.4. The molecule has 0 saturated carbocycles. The minimum absolute atomic E-state index is 0.0924. The van der Waals surface area contributed by atoms with E-state index in [0.29, 0.717) is 36.6 Å². The monoisotopic (exact) mass is 414 g/mol. The predicted octanol–water partition coefficient (Wildman–Crippen LogP) is 3.41. The van der Waals surface area contributed by atoms with Gasteiger partial charge in [-0.3, -0.25) is 4.79 Å². The number of nitrogens with zero attached hydrogens (tertiary/aromatic N) is 1. The Labute approximate surface area is 169 Å². The van der Waals surface area contributed by atoms with Gasteiger partial charge in [0.2, 0.25) is 15.9 Å². The lowest BCUT2D eigenvalue weighted by Crippen LogP contribution is -2.46. The second kappa shape index (κ2) is 8.03. The zero-order valence-corrected chi connectivity index (χ0v) is 17.0. The summed E-state index contributed by atoms with van der Waals surface area (Å²) in [5, 5.41) is 4.05. The molecule has 1 aliphatic rings. The van der Waals surface area contributed by atoms with Crippen LogP contribution in [0.1, 0.15) is 18.4 Å². The molecule has 5 nitrogen and oxygen atoms in total. The van der Waals surface area contributed by atoms with Gasteiger partial charge >= 0.3 is 0 Å². The number of hydrogen-bond donors (Lipinski definition) is 1. The van der Waals surface area contributed by atoms with Crippen molar-refractivity contribution < 1.29 is 13.2 Å². The van der Waals surface area contributed by atoms with Crippen LogP contribution < -0.4 is 4.72 Å². The van der Waals surface area contributed by atoms with Crippen molar-refractivity contribution >= 4 is 38.0 Å². The Kier molecular flexibility index (Phi) is 5.48. The number of fused-ring (bicyclic) bond motifs is 1. The van der Waals surface area contributed by atoms with Gasteiger partial charge in [-0.25, -0.2) is 13.1 Å². The minimum Gasteiger partial charge on any atom is -0.342 e. The summed E-state index contributed by atoms with van der Waals surface area (Å²) in [6.07, 6.45) is 1.64. The van der Waals surface area contributed by atoms with E-state index in [1.807, 2.05) is 29.2 Å². The topological polar surface area (TPSA) is 66.5 Å². The maximum absolute atomic E-state index is 12.7. The second-order valence-corrected chi connectivity index (χ2v) is 9.96. The van der Waals surface area contributed by atoms with Crippen LogP contribution in [0.3, 0.4) is 0 Å². The van der Waals surface area contributed by atoms with Crippen LogP contribution in [-0.2, 0) is 21.2 Å². The molecule has 146 valence electrons. The fourth-order valence-electron chi connectivity index (χ4n) is 3.58. The predicted molar refractivity (Wildman–Crippen MR) is 112 cm³/mol. The minimum atomic E-state index is -3.46. The highest BCUT2D eigenvalue weighted by Crippen LogP contribution is 2.20. The fraction of sp³-hybridized carbons (Fsp3) is 0.286. The quantitative estimate of drug-likeness (QED) is 0.696. The Bertz CT molecular complexity index is 1070. The Balaban J connectivity index is 1.33. The normalized spacial score (nSPS) is 15.8. The molecule has 0 atom stereocenters. The molecule has 1 N–H and O–H groups in total. The van der Waals surface area contributed by atoms with Gasteiger partial charge in [-0.05, 0) is 40.6 Å². The smallest absolute Gasteiger partial charge is 0.250 e. The lowest BCUT2D eigenvalue weighted by Gasteiger charge is -2.32. The number of amides is 1. The van der Waals surface area contributed by atoms with E-state index in [9.17, 15) is 13.2 Å². The van der Waals surface area contributed by atoms with E-state index in [4.69, 9.17) is 0 Å². The average molecular weight is 415 g/mol. The number of rotatable bonds is 5. The Morgan fingerprint density at radius 3 is 2.50 bits per heavy atom. The van der Waals surface area contributed by atoms with Crippen molar-refractivity contribution in [1.82, 2.24) is 9.62 Å². The molecular weight excluding hydrogens is 392 g/mol. The summed E-state index contributed by atoms with van der Waals surface area (Å²) in [5.41, 5.74) is 1.00. The van der Waals surface area contributed by atoms with Gasteiger partial charge in [0.15, 0.2) is 0 Å². The van der Waals surface area contributed by atoms with Crippen molar-refractivity contribution in [2.45, 2.75) is 29.5 Å². The first-order valence-corrected chi connectivity index (χ1v) is 11.7. The van der Waals surface area contributed by atoms with Gasteiger partial charge in [-0.2, -0.15) is 0 Å². The standard InChI is InChI=1S/C21H22N2O3S2/c24-20(15-16-7-8-17-4-1-2-5-18(17)14-16)23-11-9-19(10-12-23)22-28(25,26)21-6-3-13-27-21/h1-8,13-14,19,22H,9-12,15H2. The van der Waals surface area contributed by atoms with Gasteiger partial charge < -0.3 is 4.90 Å². The number of carbonyl (C=O) groups excluding carboxylic acids is 1. The molecule has 0 spiro atoms. The number of piperidine rings is 1. The Hall–Kier alpha value is -2.22. The van der Waals surface area contributed by atoms with Crippen molar-refractivity contribution in [3.63, 3.8) is 0 Å².